The van der Waals surface area contributed by atoms with E-state index in [4.69, 9.17) is 4.74 Å². The molecule has 0 saturated carbocycles. The Bertz CT molecular complexity index is 172. The zero-order valence-corrected chi connectivity index (χ0v) is 7.88. The van der Waals surface area contributed by atoms with Crippen molar-refractivity contribution in [1.29, 1.82) is 0 Å². The number of amides is 1. The van der Waals surface area contributed by atoms with Gasteiger partial charge in [-0.05, 0) is 27.7 Å². The second-order valence-corrected chi connectivity index (χ2v) is 3.54. The normalized spacial score (nSPS) is 13.3. The van der Waals surface area contributed by atoms with Gasteiger partial charge in [0.15, 0.2) is 0 Å². The van der Waals surface area contributed by atoms with Crippen LogP contribution in [0.3, 0.4) is 0 Å². The molecule has 0 saturated heterocycles. The monoisotopic (exact) mass is 173 g/mol. The average Bonchev–Trinajstić information content (AvgIpc) is 1.84. The Kier molecular flexibility index (Phi) is 3.73. The van der Waals surface area contributed by atoms with Crippen molar-refractivity contribution in [3.05, 3.63) is 0 Å². The van der Waals surface area contributed by atoms with E-state index in [0.717, 1.165) is 0 Å². The maximum atomic E-state index is 11.1. The molecule has 0 aliphatic heterocycles. The van der Waals surface area contributed by atoms with Gasteiger partial charge in [0.05, 0.1) is 0 Å². The van der Waals surface area contributed by atoms with E-state index in [1.54, 1.807) is 27.7 Å². The lowest BCUT2D eigenvalue weighted by atomic mass is 10.2. The molecule has 4 nitrogen and oxygen atoms in total. The van der Waals surface area contributed by atoms with Gasteiger partial charge in [0.2, 0.25) is 6.41 Å². The largest absolute Gasteiger partial charge is 0.458 e. The molecule has 0 fully saturated rings. The number of rotatable bonds is 3. The molecule has 0 unspecified atom stereocenters. The predicted octanol–water partition coefficient (Wildman–Crippen LogP) is 0.463. The van der Waals surface area contributed by atoms with Crippen molar-refractivity contribution in [3.63, 3.8) is 0 Å². The van der Waals surface area contributed by atoms with E-state index in [1.165, 1.54) is 0 Å². The fourth-order valence-electron chi connectivity index (χ4n) is 0.560. The minimum Gasteiger partial charge on any atom is -0.458 e. The van der Waals surface area contributed by atoms with E-state index in [9.17, 15) is 9.59 Å². The number of hydrogen-bond acceptors (Lipinski definition) is 3. The molecule has 0 radical (unpaired) electrons. The maximum Gasteiger partial charge on any atom is 0.328 e. The van der Waals surface area contributed by atoms with Crippen LogP contribution in [-0.2, 0) is 14.3 Å². The van der Waals surface area contributed by atoms with Crippen LogP contribution in [0.15, 0.2) is 0 Å². The average molecular weight is 173 g/mol. The molecule has 0 rings (SSSR count). The summed E-state index contributed by atoms with van der Waals surface area (Å²) in [5, 5.41) is 2.31. The van der Waals surface area contributed by atoms with Gasteiger partial charge >= 0.3 is 5.97 Å². The van der Waals surface area contributed by atoms with E-state index in [2.05, 4.69) is 5.32 Å². The Morgan fingerprint density at radius 2 is 2.00 bits per heavy atom. The third-order valence-corrected chi connectivity index (χ3v) is 1.08. The first-order valence-corrected chi connectivity index (χ1v) is 3.79. The Labute approximate surface area is 72.3 Å². The highest BCUT2D eigenvalue weighted by Crippen LogP contribution is 2.07. The Balaban J connectivity index is 3.95. The van der Waals surface area contributed by atoms with Crippen LogP contribution in [-0.4, -0.2) is 24.0 Å². The minimum absolute atomic E-state index is 0.422. The minimum atomic E-state index is -0.582. The predicted molar refractivity (Wildman–Crippen MR) is 44.5 cm³/mol. The molecule has 0 aromatic carbocycles. The highest BCUT2D eigenvalue weighted by atomic mass is 16.6. The van der Waals surface area contributed by atoms with Crippen molar-refractivity contribution < 1.29 is 14.3 Å². The van der Waals surface area contributed by atoms with Gasteiger partial charge in [-0.2, -0.15) is 0 Å². The lowest BCUT2D eigenvalue weighted by Gasteiger charge is -2.21. The van der Waals surface area contributed by atoms with E-state index in [0.29, 0.717) is 6.41 Å². The number of esters is 1. The van der Waals surface area contributed by atoms with Crippen molar-refractivity contribution in [2.24, 2.45) is 0 Å². The molecule has 1 N–H and O–H groups in total. The molecule has 1 atom stereocenters. The van der Waals surface area contributed by atoms with Crippen molar-refractivity contribution >= 4 is 12.4 Å². The molecule has 12 heavy (non-hydrogen) atoms. The number of carbonyl (C=O) groups is 2. The third kappa shape index (κ3) is 4.71. The van der Waals surface area contributed by atoms with Crippen LogP contribution in [0, 0.1) is 0 Å². The fourth-order valence-corrected chi connectivity index (χ4v) is 0.560. The molecule has 70 valence electrons. The highest BCUT2D eigenvalue weighted by Gasteiger charge is 2.20. The zero-order valence-electron chi connectivity index (χ0n) is 7.88. The van der Waals surface area contributed by atoms with Crippen LogP contribution in [0.5, 0.6) is 0 Å². The van der Waals surface area contributed by atoms with Gasteiger partial charge in [-0.3, -0.25) is 4.79 Å². The summed E-state index contributed by atoms with van der Waals surface area (Å²) in [5.74, 6) is -0.422. The summed E-state index contributed by atoms with van der Waals surface area (Å²) in [6, 6.07) is -0.582. The van der Waals surface area contributed by atoms with Gasteiger partial charge < -0.3 is 10.1 Å². The second-order valence-electron chi connectivity index (χ2n) is 3.54. The van der Waals surface area contributed by atoms with Gasteiger partial charge in [0, 0.05) is 0 Å². The van der Waals surface area contributed by atoms with Crippen LogP contribution in [0.25, 0.3) is 0 Å². The van der Waals surface area contributed by atoms with Crippen molar-refractivity contribution in [3.8, 4) is 0 Å². The molecule has 0 aromatic rings. The Hall–Kier alpha value is -1.06. The first kappa shape index (κ1) is 10.9. The van der Waals surface area contributed by atoms with Crippen LogP contribution in [0.4, 0.5) is 0 Å². The molecule has 0 heterocycles. The standard InChI is InChI=1S/C8H15NO3/c1-6(9-5-10)7(11)12-8(2,3)4/h5-6H,1-4H3,(H,9,10)/t6-/m1/s1. The molecule has 0 aromatic heterocycles. The molecular formula is C8H15NO3. The lowest BCUT2D eigenvalue weighted by molar-refractivity contribution is -0.157. The zero-order chi connectivity index (χ0) is 9.78. The van der Waals surface area contributed by atoms with Crippen molar-refractivity contribution in [2.75, 3.05) is 0 Å². The van der Waals surface area contributed by atoms with E-state index < -0.39 is 17.6 Å². The molecule has 1 amide bonds. The van der Waals surface area contributed by atoms with Crippen LogP contribution in [0.2, 0.25) is 0 Å². The molecule has 0 bridgehead atoms. The molecule has 0 spiro atoms. The van der Waals surface area contributed by atoms with Crippen LogP contribution >= 0.6 is 0 Å². The summed E-state index contributed by atoms with van der Waals surface area (Å²) in [4.78, 5) is 21.1. The highest BCUT2D eigenvalue weighted by molar-refractivity contribution is 5.77. The number of hydrogen-bond donors (Lipinski definition) is 1. The number of ether oxygens (including phenoxy) is 1. The topological polar surface area (TPSA) is 55.4 Å². The number of carbonyl (C=O) groups excluding carboxylic acids is 2. The van der Waals surface area contributed by atoms with E-state index >= 15 is 0 Å². The summed E-state index contributed by atoms with van der Waals surface area (Å²) >= 11 is 0. The first-order chi connectivity index (χ1) is 5.37. The van der Waals surface area contributed by atoms with Crippen LogP contribution in [0.1, 0.15) is 27.7 Å². The van der Waals surface area contributed by atoms with Gasteiger partial charge in [-0.25, -0.2) is 4.79 Å². The quantitative estimate of drug-likeness (QED) is 0.498. The second kappa shape index (κ2) is 4.09. The number of nitrogens with one attached hydrogen (secondary N) is 1. The van der Waals surface area contributed by atoms with Crippen LogP contribution < -0.4 is 5.32 Å². The molecule has 0 aliphatic rings. The summed E-state index contributed by atoms with van der Waals surface area (Å²) in [6.45, 7) is 6.90. The lowest BCUT2D eigenvalue weighted by Crippen LogP contribution is -2.38. The SMILES string of the molecule is C[C@@H](NC=O)C(=O)OC(C)(C)C. The van der Waals surface area contributed by atoms with Crippen molar-refractivity contribution in [1.82, 2.24) is 5.32 Å². The molecule has 4 heteroatoms. The Morgan fingerprint density at radius 1 is 1.50 bits per heavy atom. The third-order valence-electron chi connectivity index (χ3n) is 1.08. The summed E-state index contributed by atoms with van der Waals surface area (Å²) < 4.78 is 4.99. The smallest absolute Gasteiger partial charge is 0.328 e. The maximum absolute atomic E-state index is 11.1. The van der Waals surface area contributed by atoms with E-state index in [-0.39, 0.29) is 0 Å². The Morgan fingerprint density at radius 3 is 2.33 bits per heavy atom. The van der Waals surface area contributed by atoms with Crippen molar-refractivity contribution in [2.45, 2.75) is 39.3 Å². The van der Waals surface area contributed by atoms with Gasteiger partial charge in [-0.1, -0.05) is 0 Å². The summed E-state index contributed by atoms with van der Waals surface area (Å²) in [7, 11) is 0. The van der Waals surface area contributed by atoms with E-state index in [1.807, 2.05) is 0 Å². The first-order valence-electron chi connectivity index (χ1n) is 3.79. The van der Waals surface area contributed by atoms with Gasteiger partial charge in [-0.15, -0.1) is 0 Å². The summed E-state index contributed by atoms with van der Waals surface area (Å²) in [6.07, 6.45) is 0.481. The van der Waals surface area contributed by atoms with Gasteiger partial charge in [0.1, 0.15) is 11.6 Å². The summed E-state index contributed by atoms with van der Waals surface area (Å²) in [5.41, 5.74) is -0.504. The molecular weight excluding hydrogens is 158 g/mol. The fraction of sp³-hybridized carbons (Fsp3) is 0.750. The van der Waals surface area contributed by atoms with Gasteiger partial charge in [0.25, 0.3) is 0 Å². The molecule has 0 aliphatic carbocycles.